The number of nitrogens with one attached hydrogen (secondary N) is 1. The highest BCUT2D eigenvalue weighted by molar-refractivity contribution is 7.92. The van der Waals surface area contributed by atoms with Crippen LogP contribution in [0, 0.1) is 0 Å². The second-order valence-corrected chi connectivity index (χ2v) is 7.44. The fourth-order valence-electron chi connectivity index (χ4n) is 2.40. The van der Waals surface area contributed by atoms with Gasteiger partial charge in [-0.05, 0) is 37.3 Å². The maximum absolute atomic E-state index is 13.1. The molecular formula is C17H13F3N4O3S. The summed E-state index contributed by atoms with van der Waals surface area (Å²) in [6.07, 6.45) is -2.28. The lowest BCUT2D eigenvalue weighted by Gasteiger charge is -2.15. The van der Waals surface area contributed by atoms with Crippen molar-refractivity contribution in [3.05, 3.63) is 66.2 Å². The van der Waals surface area contributed by atoms with Crippen molar-refractivity contribution < 1.29 is 26.4 Å². The van der Waals surface area contributed by atoms with E-state index in [4.69, 9.17) is 0 Å². The zero-order chi connectivity index (χ0) is 20.5. The number of nitrogens with zero attached hydrogens (tertiary/aromatic N) is 3. The molecule has 1 aromatic heterocycles. The number of carbonyl (C=O) groups excluding carboxylic acids is 1. The Labute approximate surface area is 157 Å². The van der Waals surface area contributed by atoms with Gasteiger partial charge in [-0.3, -0.25) is 9.52 Å². The van der Waals surface area contributed by atoms with Crippen molar-refractivity contribution in [2.45, 2.75) is 18.0 Å². The minimum Gasteiger partial charge on any atom is -0.295 e. The summed E-state index contributed by atoms with van der Waals surface area (Å²) < 4.78 is 67.8. The minimum atomic E-state index is -4.66. The summed E-state index contributed by atoms with van der Waals surface area (Å²) in [5, 5.41) is 3.82. The van der Waals surface area contributed by atoms with E-state index >= 15 is 0 Å². The molecular weight excluding hydrogens is 397 g/mol. The molecule has 0 bridgehead atoms. The van der Waals surface area contributed by atoms with Crippen molar-refractivity contribution in [3.8, 4) is 5.69 Å². The third-order valence-electron chi connectivity index (χ3n) is 3.80. The number of hydrogen-bond donors (Lipinski definition) is 1. The molecule has 1 N–H and O–H groups in total. The van der Waals surface area contributed by atoms with Gasteiger partial charge in [0, 0.05) is 5.56 Å². The summed E-state index contributed by atoms with van der Waals surface area (Å²) in [4.78, 5) is 14.8. The summed E-state index contributed by atoms with van der Waals surface area (Å²) in [5.74, 6) is -0.247. The molecule has 0 aliphatic heterocycles. The molecule has 0 unspecified atom stereocenters. The zero-order valence-electron chi connectivity index (χ0n) is 14.3. The molecule has 0 saturated heterocycles. The highest BCUT2D eigenvalue weighted by Gasteiger charge is 2.32. The Morgan fingerprint density at radius 1 is 1.11 bits per heavy atom. The van der Waals surface area contributed by atoms with Crippen LogP contribution in [0.3, 0.4) is 0 Å². The molecule has 0 radical (unpaired) electrons. The van der Waals surface area contributed by atoms with Gasteiger partial charge in [0.1, 0.15) is 12.7 Å². The fourth-order valence-corrected chi connectivity index (χ4v) is 3.46. The highest BCUT2D eigenvalue weighted by atomic mass is 32.2. The largest absolute Gasteiger partial charge is 0.416 e. The van der Waals surface area contributed by atoms with E-state index in [1.54, 1.807) is 0 Å². The number of anilines is 1. The molecule has 11 heteroatoms. The van der Waals surface area contributed by atoms with Crippen LogP contribution in [0.25, 0.3) is 5.69 Å². The molecule has 28 heavy (non-hydrogen) atoms. The Morgan fingerprint density at radius 3 is 2.32 bits per heavy atom. The number of ketones is 1. The molecule has 7 nitrogen and oxygen atoms in total. The topological polar surface area (TPSA) is 94.0 Å². The molecule has 1 heterocycles. The molecule has 0 fully saturated rings. The van der Waals surface area contributed by atoms with Crippen molar-refractivity contribution in [1.82, 2.24) is 14.8 Å². The van der Waals surface area contributed by atoms with Gasteiger partial charge in [0.2, 0.25) is 0 Å². The Morgan fingerprint density at radius 2 is 1.79 bits per heavy atom. The van der Waals surface area contributed by atoms with Crippen LogP contribution in [0.4, 0.5) is 18.9 Å². The Kier molecular flexibility index (Phi) is 4.94. The minimum absolute atomic E-state index is 0.0643. The van der Waals surface area contributed by atoms with Gasteiger partial charge >= 0.3 is 6.18 Å². The molecule has 2 aromatic carbocycles. The summed E-state index contributed by atoms with van der Waals surface area (Å²) in [6, 6.07) is 7.62. The quantitative estimate of drug-likeness (QED) is 0.652. The number of sulfonamides is 1. The predicted molar refractivity (Wildman–Crippen MR) is 93.6 cm³/mol. The lowest BCUT2D eigenvalue weighted by atomic mass is 10.1. The van der Waals surface area contributed by atoms with Crippen LogP contribution >= 0.6 is 0 Å². The van der Waals surface area contributed by atoms with E-state index in [9.17, 15) is 26.4 Å². The van der Waals surface area contributed by atoms with E-state index in [1.165, 1.54) is 37.5 Å². The number of hydrogen-bond acceptors (Lipinski definition) is 5. The van der Waals surface area contributed by atoms with Gasteiger partial charge in [0.05, 0.1) is 21.8 Å². The average molecular weight is 410 g/mol. The van der Waals surface area contributed by atoms with Crippen LogP contribution in [0.15, 0.2) is 60.0 Å². The van der Waals surface area contributed by atoms with Gasteiger partial charge in [-0.2, -0.15) is 18.3 Å². The number of halogens is 3. The standard InChI is InChI=1S/C17H13F3N4O3S/c1-11(25)12-2-5-14(6-3-12)28(26,27)23-15-8-13(17(18,19)20)4-7-16(15)24-10-21-9-22-24/h2-10,23H,1H3. The van der Waals surface area contributed by atoms with Crippen LogP contribution in [0.2, 0.25) is 0 Å². The van der Waals surface area contributed by atoms with E-state index in [0.29, 0.717) is 11.6 Å². The van der Waals surface area contributed by atoms with E-state index in [-0.39, 0.29) is 22.1 Å². The number of benzene rings is 2. The fraction of sp³-hybridized carbons (Fsp3) is 0.118. The number of Topliss-reactive ketones (excluding diaryl/α,β-unsaturated/α-hetero) is 1. The smallest absolute Gasteiger partial charge is 0.295 e. The average Bonchev–Trinajstić information content (AvgIpc) is 3.15. The molecule has 0 amide bonds. The highest BCUT2D eigenvalue weighted by Crippen LogP contribution is 2.34. The monoisotopic (exact) mass is 410 g/mol. The molecule has 0 atom stereocenters. The van der Waals surface area contributed by atoms with E-state index < -0.39 is 21.8 Å². The third-order valence-corrected chi connectivity index (χ3v) is 5.19. The van der Waals surface area contributed by atoms with Gasteiger partial charge < -0.3 is 0 Å². The first-order chi connectivity index (χ1) is 13.1. The van der Waals surface area contributed by atoms with Gasteiger partial charge in [-0.25, -0.2) is 18.1 Å². The van der Waals surface area contributed by atoms with Crippen LogP contribution in [0.5, 0.6) is 0 Å². The first-order valence-corrected chi connectivity index (χ1v) is 9.26. The zero-order valence-corrected chi connectivity index (χ0v) is 15.1. The molecule has 0 saturated carbocycles. The lowest BCUT2D eigenvalue weighted by Crippen LogP contribution is -2.16. The normalized spacial score (nSPS) is 12.0. The Hall–Kier alpha value is -3.21. The number of rotatable bonds is 5. The summed E-state index contributed by atoms with van der Waals surface area (Å²) >= 11 is 0. The molecule has 146 valence electrons. The van der Waals surface area contributed by atoms with Crippen molar-refractivity contribution in [1.29, 1.82) is 0 Å². The molecule has 0 spiro atoms. The first kappa shape index (κ1) is 19.5. The molecule has 3 rings (SSSR count). The van der Waals surface area contributed by atoms with Crippen LogP contribution in [-0.2, 0) is 16.2 Å². The van der Waals surface area contributed by atoms with Gasteiger partial charge in [0.25, 0.3) is 10.0 Å². The van der Waals surface area contributed by atoms with Gasteiger partial charge in [0.15, 0.2) is 5.78 Å². The van der Waals surface area contributed by atoms with E-state index in [2.05, 4.69) is 14.8 Å². The van der Waals surface area contributed by atoms with Crippen LogP contribution in [-0.4, -0.2) is 29.0 Å². The van der Waals surface area contributed by atoms with Crippen molar-refractivity contribution in [2.24, 2.45) is 0 Å². The second-order valence-electron chi connectivity index (χ2n) is 5.76. The first-order valence-electron chi connectivity index (χ1n) is 7.78. The summed E-state index contributed by atoms with van der Waals surface area (Å²) in [7, 11) is -4.22. The SMILES string of the molecule is CC(=O)c1ccc(S(=O)(=O)Nc2cc(C(F)(F)F)ccc2-n2cncn2)cc1. The molecule has 0 aliphatic carbocycles. The predicted octanol–water partition coefficient (Wildman–Crippen LogP) is 3.29. The van der Waals surface area contributed by atoms with Gasteiger partial charge in [-0.1, -0.05) is 12.1 Å². The number of carbonyl (C=O) groups is 1. The maximum Gasteiger partial charge on any atom is 0.416 e. The third kappa shape index (κ3) is 4.03. The molecule has 0 aliphatic rings. The number of alkyl halides is 3. The second kappa shape index (κ2) is 7.08. The van der Waals surface area contributed by atoms with Crippen molar-refractivity contribution >= 4 is 21.5 Å². The lowest BCUT2D eigenvalue weighted by molar-refractivity contribution is -0.137. The van der Waals surface area contributed by atoms with Crippen molar-refractivity contribution in [2.75, 3.05) is 4.72 Å². The maximum atomic E-state index is 13.1. The summed E-state index contributed by atoms with van der Waals surface area (Å²) in [5.41, 5.74) is -0.979. The van der Waals surface area contributed by atoms with Crippen LogP contribution in [0.1, 0.15) is 22.8 Å². The van der Waals surface area contributed by atoms with Gasteiger partial charge in [-0.15, -0.1) is 0 Å². The van der Waals surface area contributed by atoms with Crippen LogP contribution < -0.4 is 4.72 Å². The molecule has 3 aromatic rings. The van der Waals surface area contributed by atoms with Crippen molar-refractivity contribution in [3.63, 3.8) is 0 Å². The summed E-state index contributed by atoms with van der Waals surface area (Å²) in [6.45, 7) is 1.33. The Balaban J connectivity index is 2.05. The number of aromatic nitrogens is 3. The Bertz CT molecular complexity index is 1110. The van der Waals surface area contributed by atoms with E-state index in [1.807, 2.05) is 0 Å². The van der Waals surface area contributed by atoms with E-state index in [0.717, 1.165) is 23.1 Å².